The van der Waals surface area contributed by atoms with Gasteiger partial charge in [0, 0.05) is 6.42 Å². The molecule has 0 heterocycles. The van der Waals surface area contributed by atoms with Crippen LogP contribution in [0.1, 0.15) is 20.3 Å². The fraction of sp³-hybridized carbons (Fsp3) is 0.909. The molecule has 1 atom stereocenters. The Morgan fingerprint density at radius 1 is 0.840 bits per heavy atom. The molecule has 25 heavy (non-hydrogen) atoms. The predicted octanol–water partition coefficient (Wildman–Crippen LogP) is 5.20. The van der Waals surface area contributed by atoms with Gasteiger partial charge in [-0.05, 0) is 13.8 Å². The van der Waals surface area contributed by atoms with Crippen LogP contribution >= 0.6 is 15.9 Å². The zero-order valence-corrected chi connectivity index (χ0v) is 13.9. The summed E-state index contributed by atoms with van der Waals surface area (Å²) in [6, 6.07) is 0. The van der Waals surface area contributed by atoms with E-state index in [1.165, 1.54) is 6.92 Å². The summed E-state index contributed by atoms with van der Waals surface area (Å²) in [6.45, 7) is 1.20. The van der Waals surface area contributed by atoms with Gasteiger partial charge in [-0.2, -0.15) is 48.3 Å². The molecular weight excluding hydrogens is 453 g/mol. The third-order valence-electron chi connectivity index (χ3n) is 2.86. The highest BCUT2D eigenvalue weighted by Crippen LogP contribution is 2.58. The molecule has 0 spiro atoms. The number of halogens is 12. The van der Waals surface area contributed by atoms with Crippen molar-refractivity contribution >= 4 is 21.9 Å². The highest BCUT2D eigenvalue weighted by Gasteiger charge is 2.87. The number of hydrogen-bond acceptors (Lipinski definition) is 2. The number of hydrogen-bond donors (Lipinski definition) is 0. The van der Waals surface area contributed by atoms with Gasteiger partial charge in [-0.1, -0.05) is 15.9 Å². The molecule has 0 amide bonds. The van der Waals surface area contributed by atoms with Crippen molar-refractivity contribution in [2.75, 3.05) is 6.61 Å². The van der Waals surface area contributed by atoms with Crippen molar-refractivity contribution in [1.29, 1.82) is 0 Å². The van der Waals surface area contributed by atoms with Crippen LogP contribution in [0.5, 0.6) is 0 Å². The number of carbonyl (C=O) groups excluding carboxylic acids is 1. The Labute approximate surface area is 141 Å². The Balaban J connectivity index is 5.93. The van der Waals surface area contributed by atoms with Gasteiger partial charge in [-0.15, -0.1) is 0 Å². The number of carbonyl (C=O) groups is 1. The van der Waals surface area contributed by atoms with Gasteiger partial charge in [0.2, 0.25) is 0 Å². The van der Waals surface area contributed by atoms with E-state index in [2.05, 4.69) is 20.7 Å². The largest absolute Gasteiger partial charge is 0.465 e. The molecule has 1 unspecified atom stereocenters. The Morgan fingerprint density at radius 2 is 1.24 bits per heavy atom. The molecule has 2 nitrogen and oxygen atoms in total. The lowest BCUT2D eigenvalue weighted by Gasteiger charge is -2.38. The van der Waals surface area contributed by atoms with Gasteiger partial charge >= 0.3 is 35.8 Å². The average molecular weight is 463 g/mol. The van der Waals surface area contributed by atoms with Crippen LogP contribution in [0.3, 0.4) is 0 Å². The number of rotatable bonds is 7. The summed E-state index contributed by atoms with van der Waals surface area (Å²) < 4.78 is 142. The first-order valence-electron chi connectivity index (χ1n) is 6.13. The summed E-state index contributed by atoms with van der Waals surface area (Å²) in [5, 5.41) is 0. The van der Waals surface area contributed by atoms with Crippen molar-refractivity contribution in [2.45, 2.75) is 54.5 Å². The van der Waals surface area contributed by atoms with E-state index in [0.29, 0.717) is 6.92 Å². The van der Waals surface area contributed by atoms with Gasteiger partial charge in [-0.3, -0.25) is 4.79 Å². The van der Waals surface area contributed by atoms with Crippen LogP contribution in [0, 0.1) is 0 Å². The Bertz CT molecular complexity index is 499. The van der Waals surface area contributed by atoms with E-state index >= 15 is 0 Å². The maximum Gasteiger partial charge on any atom is 0.460 e. The standard InChI is InChI=1S/C11H10BrF11O2/c1-3-25-5(24)6(2,12)4-7(13,14)8(15,16)9(17,18)10(19,20)11(21,22)23/h3-4H2,1-2H3. The Hall–Kier alpha value is -0.820. The fourth-order valence-corrected chi connectivity index (χ4v) is 1.95. The van der Waals surface area contributed by atoms with E-state index in [0.717, 1.165) is 0 Å². The van der Waals surface area contributed by atoms with Gasteiger partial charge in [0.05, 0.1) is 6.61 Å². The quantitative estimate of drug-likeness (QED) is 0.295. The van der Waals surface area contributed by atoms with Crippen molar-refractivity contribution in [1.82, 2.24) is 0 Å². The van der Waals surface area contributed by atoms with Gasteiger partial charge in [0.25, 0.3) is 0 Å². The van der Waals surface area contributed by atoms with E-state index in [4.69, 9.17) is 0 Å². The van der Waals surface area contributed by atoms with Gasteiger partial charge in [0.15, 0.2) is 0 Å². The molecule has 0 aromatic rings. The lowest BCUT2D eigenvalue weighted by molar-refractivity contribution is -0.422. The van der Waals surface area contributed by atoms with Crippen LogP contribution in [0.2, 0.25) is 0 Å². The monoisotopic (exact) mass is 462 g/mol. The minimum Gasteiger partial charge on any atom is -0.465 e. The maximum absolute atomic E-state index is 13.5. The second-order valence-electron chi connectivity index (χ2n) is 5.02. The first-order valence-corrected chi connectivity index (χ1v) is 6.92. The first-order chi connectivity index (χ1) is 10.7. The zero-order valence-electron chi connectivity index (χ0n) is 12.3. The highest BCUT2D eigenvalue weighted by molar-refractivity contribution is 9.10. The molecule has 0 rings (SSSR count). The summed E-state index contributed by atoms with van der Waals surface area (Å²) >= 11 is 2.19. The van der Waals surface area contributed by atoms with E-state index < -0.39 is 53.2 Å². The molecule has 150 valence electrons. The fourth-order valence-electron chi connectivity index (χ4n) is 1.49. The second-order valence-corrected chi connectivity index (χ2v) is 6.77. The smallest absolute Gasteiger partial charge is 0.460 e. The highest BCUT2D eigenvalue weighted by atomic mass is 79.9. The summed E-state index contributed by atoms with van der Waals surface area (Å²) in [5.41, 5.74) is 0. The van der Waals surface area contributed by atoms with Crippen molar-refractivity contribution in [2.24, 2.45) is 0 Å². The van der Waals surface area contributed by atoms with Crippen LogP contribution in [0.15, 0.2) is 0 Å². The molecule has 0 N–H and O–H groups in total. The molecule has 0 aromatic carbocycles. The van der Waals surface area contributed by atoms with Crippen molar-refractivity contribution in [3.63, 3.8) is 0 Å². The number of esters is 1. The minimum atomic E-state index is -7.50. The van der Waals surface area contributed by atoms with E-state index in [9.17, 15) is 53.1 Å². The lowest BCUT2D eigenvalue weighted by atomic mass is 9.91. The molecule has 0 aromatic heterocycles. The SMILES string of the molecule is CCOC(=O)C(C)(Br)CC(F)(F)C(F)(F)C(F)(F)C(F)(F)C(F)(F)F. The number of ether oxygens (including phenoxy) is 1. The zero-order chi connectivity index (χ0) is 20.7. The first kappa shape index (κ1) is 24.2. The van der Waals surface area contributed by atoms with Crippen LogP contribution in [0.4, 0.5) is 48.3 Å². The summed E-state index contributed by atoms with van der Waals surface area (Å²) in [4.78, 5) is 11.3. The van der Waals surface area contributed by atoms with Crippen LogP contribution < -0.4 is 0 Å². The van der Waals surface area contributed by atoms with Gasteiger partial charge in [-0.25, -0.2) is 0 Å². The van der Waals surface area contributed by atoms with Crippen LogP contribution in [-0.2, 0) is 9.53 Å². The van der Waals surface area contributed by atoms with Crippen LogP contribution in [0.25, 0.3) is 0 Å². The average Bonchev–Trinajstić information content (AvgIpc) is 2.35. The molecular formula is C11H10BrF11O2. The third-order valence-corrected chi connectivity index (χ3v) is 3.46. The third kappa shape index (κ3) is 4.13. The second kappa shape index (κ2) is 6.72. The topological polar surface area (TPSA) is 26.3 Å². The maximum atomic E-state index is 13.5. The number of alkyl halides is 12. The molecule has 14 heteroatoms. The lowest BCUT2D eigenvalue weighted by Crippen LogP contribution is -2.67. The molecule has 0 fully saturated rings. The normalized spacial score (nSPS) is 17.2. The summed E-state index contributed by atoms with van der Waals surface area (Å²) in [6.07, 6.45) is -9.77. The predicted molar refractivity (Wildman–Crippen MR) is 64.4 cm³/mol. The summed E-state index contributed by atoms with van der Waals surface area (Å²) in [5.74, 6) is -29.9. The van der Waals surface area contributed by atoms with Crippen molar-refractivity contribution in [3.05, 3.63) is 0 Å². The summed E-state index contributed by atoms with van der Waals surface area (Å²) in [7, 11) is 0. The molecule has 0 aliphatic heterocycles. The van der Waals surface area contributed by atoms with E-state index in [1.807, 2.05) is 0 Å². The van der Waals surface area contributed by atoms with Gasteiger partial charge in [0.1, 0.15) is 4.32 Å². The Morgan fingerprint density at radius 3 is 1.56 bits per heavy atom. The van der Waals surface area contributed by atoms with Crippen molar-refractivity contribution < 1.29 is 57.8 Å². The molecule has 0 aliphatic rings. The van der Waals surface area contributed by atoms with E-state index in [1.54, 1.807) is 0 Å². The molecule has 0 radical (unpaired) electrons. The molecule has 0 saturated carbocycles. The van der Waals surface area contributed by atoms with Crippen molar-refractivity contribution in [3.8, 4) is 0 Å². The molecule has 0 bridgehead atoms. The Kier molecular flexibility index (Phi) is 6.50. The molecule has 0 aliphatic carbocycles. The minimum absolute atomic E-state index is 0.440. The van der Waals surface area contributed by atoms with Gasteiger partial charge < -0.3 is 4.74 Å². The molecule has 0 saturated heterocycles. The van der Waals surface area contributed by atoms with E-state index in [-0.39, 0.29) is 0 Å². The van der Waals surface area contributed by atoms with Crippen LogP contribution in [-0.4, -0.2) is 46.8 Å².